The molecule has 0 aromatic heterocycles. The molecule has 4 nitrogen and oxygen atoms in total. The van der Waals surface area contributed by atoms with Crippen LogP contribution in [0.2, 0.25) is 0 Å². The molecule has 0 bridgehead atoms. The lowest BCUT2D eigenvalue weighted by Gasteiger charge is -2.05. The van der Waals surface area contributed by atoms with Crippen LogP contribution in [-0.4, -0.2) is 23.6 Å². The minimum absolute atomic E-state index is 0.109. The van der Waals surface area contributed by atoms with Crippen LogP contribution >= 0.6 is 0 Å². The van der Waals surface area contributed by atoms with Gasteiger partial charge in [-0.05, 0) is 17.2 Å². The number of esters is 1. The van der Waals surface area contributed by atoms with E-state index in [1.807, 2.05) is 42.5 Å². The highest BCUT2D eigenvalue weighted by atomic mass is 16.5. The van der Waals surface area contributed by atoms with Gasteiger partial charge in [-0.3, -0.25) is 0 Å². The highest BCUT2D eigenvalue weighted by molar-refractivity contribution is 6.42. The van der Waals surface area contributed by atoms with Gasteiger partial charge >= 0.3 is 11.7 Å². The Morgan fingerprint density at radius 1 is 1.05 bits per heavy atom. The van der Waals surface area contributed by atoms with Crippen molar-refractivity contribution in [1.82, 2.24) is 0 Å². The Balaban J connectivity index is 2.60. The van der Waals surface area contributed by atoms with E-state index in [9.17, 15) is 4.79 Å². The van der Waals surface area contributed by atoms with E-state index in [2.05, 4.69) is 9.53 Å². The molecule has 0 heterocycles. The Labute approximate surface area is 110 Å². The Kier molecular flexibility index (Phi) is 3.86. The summed E-state index contributed by atoms with van der Waals surface area (Å²) < 4.78 is 4.62. The lowest BCUT2D eigenvalue weighted by atomic mass is 9.97. The van der Waals surface area contributed by atoms with E-state index in [0.717, 1.165) is 11.1 Å². The molecule has 0 unspecified atom stereocenters. The number of nitrogens with zero attached hydrogens (tertiary/aromatic N) is 2. The van der Waals surface area contributed by atoms with E-state index in [-0.39, 0.29) is 5.71 Å². The first kappa shape index (κ1) is 12.7. The van der Waals surface area contributed by atoms with Crippen LogP contribution in [0.5, 0.6) is 0 Å². The highest BCUT2D eigenvalue weighted by Gasteiger charge is 2.26. The second-order valence-electron chi connectivity index (χ2n) is 3.85. The monoisotopic (exact) mass is 252 g/mol. The van der Waals surface area contributed by atoms with Crippen molar-refractivity contribution in [2.24, 2.45) is 0 Å². The van der Waals surface area contributed by atoms with E-state index in [1.165, 1.54) is 7.11 Å². The fraction of sp³-hybridized carbons (Fsp3) is 0.0667. The van der Waals surface area contributed by atoms with Crippen molar-refractivity contribution >= 4 is 11.7 Å². The minimum atomic E-state index is -0.675. The topological polar surface area (TPSA) is 62.7 Å². The molecule has 0 amide bonds. The van der Waals surface area contributed by atoms with Crippen molar-refractivity contribution in [3.05, 3.63) is 65.7 Å². The van der Waals surface area contributed by atoms with E-state index in [4.69, 9.17) is 5.53 Å². The zero-order valence-electron chi connectivity index (χ0n) is 10.4. The van der Waals surface area contributed by atoms with E-state index in [1.54, 1.807) is 12.1 Å². The van der Waals surface area contributed by atoms with E-state index in [0.29, 0.717) is 5.56 Å². The van der Waals surface area contributed by atoms with Gasteiger partial charge in [0, 0.05) is 0 Å². The van der Waals surface area contributed by atoms with Gasteiger partial charge in [0.15, 0.2) is 0 Å². The van der Waals surface area contributed by atoms with Gasteiger partial charge in [0.1, 0.15) is 0 Å². The fourth-order valence-electron chi connectivity index (χ4n) is 1.86. The van der Waals surface area contributed by atoms with Gasteiger partial charge in [-0.25, -0.2) is 4.79 Å². The largest absolute Gasteiger partial charge is 0.460 e. The second kappa shape index (κ2) is 5.76. The quantitative estimate of drug-likeness (QED) is 0.365. The average Bonchev–Trinajstić information content (AvgIpc) is 2.49. The van der Waals surface area contributed by atoms with Crippen LogP contribution in [0.1, 0.15) is 5.56 Å². The molecule has 0 aliphatic rings. The summed E-state index contributed by atoms with van der Waals surface area (Å²) in [6.07, 6.45) is 0. The van der Waals surface area contributed by atoms with Gasteiger partial charge < -0.3 is 10.3 Å². The first-order valence-electron chi connectivity index (χ1n) is 5.73. The maximum Gasteiger partial charge on any atom is 0.422 e. The molecule has 0 aliphatic heterocycles. The maximum atomic E-state index is 11.6. The van der Waals surface area contributed by atoms with Crippen molar-refractivity contribution in [2.75, 3.05) is 7.11 Å². The number of carbonyl (C=O) groups is 1. The van der Waals surface area contributed by atoms with Crippen LogP contribution < -0.4 is 0 Å². The second-order valence-corrected chi connectivity index (χ2v) is 3.85. The molecular weight excluding hydrogens is 240 g/mol. The molecule has 94 valence electrons. The summed E-state index contributed by atoms with van der Waals surface area (Å²) >= 11 is 0. The average molecular weight is 252 g/mol. The molecule has 19 heavy (non-hydrogen) atoms. The third kappa shape index (κ3) is 2.59. The van der Waals surface area contributed by atoms with E-state index < -0.39 is 5.97 Å². The zero-order valence-corrected chi connectivity index (χ0v) is 10.4. The van der Waals surface area contributed by atoms with Gasteiger partial charge in [-0.1, -0.05) is 48.5 Å². The third-order valence-corrected chi connectivity index (χ3v) is 2.75. The molecule has 0 radical (unpaired) electrons. The van der Waals surface area contributed by atoms with Crippen molar-refractivity contribution in [3.8, 4) is 11.1 Å². The predicted octanol–water partition coefficient (Wildman–Crippen LogP) is 2.55. The van der Waals surface area contributed by atoms with Crippen molar-refractivity contribution < 1.29 is 14.3 Å². The molecular formula is C15H12N2O2. The first-order valence-corrected chi connectivity index (χ1v) is 5.73. The number of rotatable bonds is 3. The number of carbonyl (C=O) groups excluding carboxylic acids is 1. The number of ether oxygens (including phenoxy) is 1. The van der Waals surface area contributed by atoms with Crippen LogP contribution in [0.25, 0.3) is 16.7 Å². The molecule has 0 saturated carbocycles. The van der Waals surface area contributed by atoms with Crippen molar-refractivity contribution in [3.63, 3.8) is 0 Å². The normalized spacial score (nSPS) is 9.53. The maximum absolute atomic E-state index is 11.6. The third-order valence-electron chi connectivity index (χ3n) is 2.75. The van der Waals surface area contributed by atoms with Crippen LogP contribution in [-0.2, 0) is 9.53 Å². The molecule has 2 aromatic carbocycles. The van der Waals surface area contributed by atoms with Gasteiger partial charge in [0.05, 0.1) is 12.7 Å². The molecule has 0 saturated heterocycles. The molecule has 0 N–H and O–H groups in total. The Bertz CT molecular complexity index is 644. The van der Waals surface area contributed by atoms with Gasteiger partial charge in [-0.2, -0.15) is 4.79 Å². The SMILES string of the molecule is COC(=O)C(=[N+]=[N-])c1ccccc1-c1ccccc1. The smallest absolute Gasteiger partial charge is 0.422 e. The number of methoxy groups -OCH3 is 1. The van der Waals surface area contributed by atoms with Crippen LogP contribution in [0.4, 0.5) is 0 Å². The summed E-state index contributed by atoms with van der Waals surface area (Å²) in [5, 5.41) is 0. The summed E-state index contributed by atoms with van der Waals surface area (Å²) in [5.74, 6) is -0.675. The summed E-state index contributed by atoms with van der Waals surface area (Å²) in [7, 11) is 1.25. The molecule has 0 atom stereocenters. The highest BCUT2D eigenvalue weighted by Crippen LogP contribution is 2.23. The number of hydrogen-bond acceptors (Lipinski definition) is 2. The summed E-state index contributed by atoms with van der Waals surface area (Å²) in [4.78, 5) is 14.7. The molecule has 2 aromatic rings. The van der Waals surface area contributed by atoms with Gasteiger partial charge in [-0.15, -0.1) is 0 Å². The predicted molar refractivity (Wildman–Crippen MR) is 71.6 cm³/mol. The summed E-state index contributed by atoms with van der Waals surface area (Å²) in [5.41, 5.74) is 11.2. The van der Waals surface area contributed by atoms with Crippen molar-refractivity contribution in [2.45, 2.75) is 0 Å². The Hall–Kier alpha value is -2.71. The molecule has 4 heteroatoms. The molecule has 0 fully saturated rings. The van der Waals surface area contributed by atoms with Crippen LogP contribution in [0.15, 0.2) is 54.6 Å². The first-order chi connectivity index (χ1) is 9.27. The minimum Gasteiger partial charge on any atom is -0.460 e. The standard InChI is InChI=1S/C15H12N2O2/c1-19-15(18)14(17-16)13-10-6-5-9-12(13)11-7-3-2-4-8-11/h2-10H,1H3. The number of benzene rings is 2. The van der Waals surface area contributed by atoms with Gasteiger partial charge in [0.25, 0.3) is 0 Å². The summed E-state index contributed by atoms with van der Waals surface area (Å²) in [6, 6.07) is 16.8. The van der Waals surface area contributed by atoms with Crippen LogP contribution in [0.3, 0.4) is 0 Å². The van der Waals surface area contributed by atoms with Crippen molar-refractivity contribution in [1.29, 1.82) is 0 Å². The number of hydrogen-bond donors (Lipinski definition) is 0. The lowest BCUT2D eigenvalue weighted by Crippen LogP contribution is -2.19. The van der Waals surface area contributed by atoms with Gasteiger partial charge in [0.2, 0.25) is 0 Å². The van der Waals surface area contributed by atoms with Crippen LogP contribution in [0, 0.1) is 0 Å². The lowest BCUT2D eigenvalue weighted by molar-refractivity contribution is -0.137. The molecule has 2 rings (SSSR count). The molecule has 0 spiro atoms. The summed E-state index contributed by atoms with van der Waals surface area (Å²) in [6.45, 7) is 0. The Morgan fingerprint density at radius 2 is 1.68 bits per heavy atom. The zero-order chi connectivity index (χ0) is 13.7. The fourth-order valence-corrected chi connectivity index (χ4v) is 1.86. The van der Waals surface area contributed by atoms with E-state index >= 15 is 0 Å². The Morgan fingerprint density at radius 3 is 2.32 bits per heavy atom. The molecule has 0 aliphatic carbocycles.